The monoisotopic (exact) mass is 384 g/mol. The molecule has 0 aliphatic rings. The van der Waals surface area contributed by atoms with Crippen molar-refractivity contribution in [2.24, 2.45) is 0 Å². The van der Waals surface area contributed by atoms with Crippen molar-refractivity contribution in [2.45, 2.75) is 33.1 Å². The van der Waals surface area contributed by atoms with Gasteiger partial charge in [0, 0.05) is 5.56 Å². The predicted octanol–water partition coefficient (Wildman–Crippen LogP) is 6.52. The van der Waals surface area contributed by atoms with Gasteiger partial charge in [0.1, 0.15) is 5.82 Å². The first-order chi connectivity index (χ1) is 13.5. The van der Waals surface area contributed by atoms with Gasteiger partial charge in [-0.3, -0.25) is 0 Å². The van der Waals surface area contributed by atoms with Gasteiger partial charge in [-0.2, -0.15) is 4.39 Å². The van der Waals surface area contributed by atoms with Gasteiger partial charge in [0.2, 0.25) is 5.82 Å². The average Bonchev–Trinajstić information content (AvgIpc) is 2.71. The van der Waals surface area contributed by atoms with E-state index in [0.29, 0.717) is 18.4 Å². The lowest BCUT2D eigenvalue weighted by atomic mass is 9.99. The molecule has 3 rings (SSSR count). The third-order valence-electron chi connectivity index (χ3n) is 4.81. The summed E-state index contributed by atoms with van der Waals surface area (Å²) < 4.78 is 47.4. The fourth-order valence-electron chi connectivity index (χ4n) is 3.19. The Morgan fingerprint density at radius 3 is 2.07 bits per heavy atom. The minimum atomic E-state index is -0.971. The molecule has 0 aliphatic carbocycles. The Labute approximate surface area is 163 Å². The maximum Gasteiger partial charge on any atom is 0.201 e. The molecule has 3 aromatic carbocycles. The van der Waals surface area contributed by atoms with Crippen molar-refractivity contribution in [3.63, 3.8) is 0 Å². The smallest absolute Gasteiger partial charge is 0.201 e. The Balaban J connectivity index is 1.72. The SMILES string of the molecule is CCOc1ccc(-c2ccc(CCc3ccc(CC)c(F)c3)cc2)c(F)c1F. The van der Waals surface area contributed by atoms with Crippen LogP contribution in [-0.4, -0.2) is 6.61 Å². The molecule has 0 heterocycles. The van der Waals surface area contributed by atoms with Gasteiger partial charge in [0.25, 0.3) is 0 Å². The first-order valence-corrected chi connectivity index (χ1v) is 9.50. The molecule has 0 saturated carbocycles. The fraction of sp³-hybridized carbons (Fsp3) is 0.250. The molecule has 4 heteroatoms. The van der Waals surface area contributed by atoms with Crippen molar-refractivity contribution in [2.75, 3.05) is 6.61 Å². The van der Waals surface area contributed by atoms with Gasteiger partial charge >= 0.3 is 0 Å². The van der Waals surface area contributed by atoms with E-state index >= 15 is 0 Å². The Morgan fingerprint density at radius 2 is 1.43 bits per heavy atom. The number of halogens is 3. The van der Waals surface area contributed by atoms with E-state index in [1.165, 1.54) is 12.1 Å². The van der Waals surface area contributed by atoms with E-state index in [9.17, 15) is 13.2 Å². The van der Waals surface area contributed by atoms with Crippen LogP contribution in [0.15, 0.2) is 54.6 Å². The second kappa shape index (κ2) is 8.96. The molecule has 0 N–H and O–H groups in total. The Bertz CT molecular complexity index is 949. The molecular formula is C24H23F3O. The van der Waals surface area contributed by atoms with Crippen LogP contribution in [0.5, 0.6) is 5.75 Å². The fourth-order valence-corrected chi connectivity index (χ4v) is 3.19. The summed E-state index contributed by atoms with van der Waals surface area (Å²) in [5.74, 6) is -2.13. The molecule has 0 spiro atoms. The summed E-state index contributed by atoms with van der Waals surface area (Å²) in [5, 5.41) is 0. The van der Waals surface area contributed by atoms with E-state index in [1.807, 2.05) is 31.2 Å². The van der Waals surface area contributed by atoms with Crippen LogP contribution in [0.3, 0.4) is 0 Å². The first kappa shape index (κ1) is 20.0. The predicted molar refractivity (Wildman–Crippen MR) is 106 cm³/mol. The van der Waals surface area contributed by atoms with Gasteiger partial charge in [-0.1, -0.05) is 43.3 Å². The second-order valence-corrected chi connectivity index (χ2v) is 6.65. The summed E-state index contributed by atoms with van der Waals surface area (Å²) in [5.41, 5.74) is 3.51. The normalized spacial score (nSPS) is 10.9. The van der Waals surface area contributed by atoms with E-state index in [4.69, 9.17) is 4.74 Å². The zero-order valence-corrected chi connectivity index (χ0v) is 16.1. The van der Waals surface area contributed by atoms with Crippen LogP contribution in [0.1, 0.15) is 30.5 Å². The number of rotatable bonds is 7. The highest BCUT2D eigenvalue weighted by Crippen LogP contribution is 2.30. The summed E-state index contributed by atoms with van der Waals surface area (Å²) in [6.45, 7) is 3.92. The summed E-state index contributed by atoms with van der Waals surface area (Å²) in [7, 11) is 0. The van der Waals surface area contributed by atoms with E-state index in [-0.39, 0.29) is 23.7 Å². The zero-order chi connectivity index (χ0) is 20.1. The molecule has 0 unspecified atom stereocenters. The highest BCUT2D eigenvalue weighted by atomic mass is 19.2. The highest BCUT2D eigenvalue weighted by molar-refractivity contribution is 5.65. The standard InChI is InChI=1S/C24H23F3O/c1-3-18-10-9-17(15-21(18)25)6-5-16-7-11-19(12-8-16)20-13-14-22(28-4-2)24(27)23(20)26/h7-15H,3-6H2,1-2H3. The van der Waals surface area contributed by atoms with Crippen molar-refractivity contribution in [3.05, 3.63) is 88.7 Å². The lowest BCUT2D eigenvalue weighted by Gasteiger charge is -2.10. The van der Waals surface area contributed by atoms with Crippen LogP contribution in [0.4, 0.5) is 13.2 Å². The van der Waals surface area contributed by atoms with Crippen LogP contribution in [0.25, 0.3) is 11.1 Å². The Kier molecular flexibility index (Phi) is 6.40. The minimum absolute atomic E-state index is 0.0818. The molecule has 0 aliphatic heterocycles. The maximum atomic E-state index is 14.4. The van der Waals surface area contributed by atoms with Crippen LogP contribution in [-0.2, 0) is 19.3 Å². The second-order valence-electron chi connectivity index (χ2n) is 6.65. The van der Waals surface area contributed by atoms with E-state index in [1.54, 1.807) is 25.1 Å². The maximum absolute atomic E-state index is 14.4. The van der Waals surface area contributed by atoms with Crippen molar-refractivity contribution in [3.8, 4) is 16.9 Å². The third kappa shape index (κ3) is 4.38. The van der Waals surface area contributed by atoms with Gasteiger partial charge in [-0.25, -0.2) is 8.78 Å². The molecule has 28 heavy (non-hydrogen) atoms. The lowest BCUT2D eigenvalue weighted by molar-refractivity contribution is 0.314. The Morgan fingerprint density at radius 1 is 0.750 bits per heavy atom. The molecule has 0 fully saturated rings. The van der Waals surface area contributed by atoms with E-state index in [2.05, 4.69) is 0 Å². The van der Waals surface area contributed by atoms with Gasteiger partial charge in [-0.15, -0.1) is 0 Å². The molecule has 0 bridgehead atoms. The van der Waals surface area contributed by atoms with Gasteiger partial charge < -0.3 is 4.74 Å². The van der Waals surface area contributed by atoms with Crippen molar-refractivity contribution >= 4 is 0 Å². The molecule has 0 aromatic heterocycles. The first-order valence-electron chi connectivity index (χ1n) is 9.50. The zero-order valence-electron chi connectivity index (χ0n) is 16.1. The van der Waals surface area contributed by atoms with E-state index < -0.39 is 11.6 Å². The summed E-state index contributed by atoms with van der Waals surface area (Å²) in [4.78, 5) is 0. The van der Waals surface area contributed by atoms with Crippen LogP contribution >= 0.6 is 0 Å². The van der Waals surface area contributed by atoms with Crippen LogP contribution in [0.2, 0.25) is 0 Å². The van der Waals surface area contributed by atoms with Crippen LogP contribution in [0, 0.1) is 17.5 Å². The van der Waals surface area contributed by atoms with Gasteiger partial charge in [0.15, 0.2) is 11.6 Å². The molecule has 0 atom stereocenters. The quantitative estimate of drug-likeness (QED) is 0.451. The molecular weight excluding hydrogens is 361 g/mol. The number of aryl methyl sites for hydroxylation is 3. The topological polar surface area (TPSA) is 9.23 Å². The van der Waals surface area contributed by atoms with Crippen molar-refractivity contribution in [1.82, 2.24) is 0 Å². The van der Waals surface area contributed by atoms with E-state index in [0.717, 1.165) is 23.1 Å². The van der Waals surface area contributed by atoms with Crippen LogP contribution < -0.4 is 4.74 Å². The summed E-state index contributed by atoms with van der Waals surface area (Å²) >= 11 is 0. The number of hydrogen-bond donors (Lipinski definition) is 0. The van der Waals surface area contributed by atoms with Gasteiger partial charge in [0.05, 0.1) is 6.61 Å². The minimum Gasteiger partial charge on any atom is -0.491 e. The molecule has 0 saturated heterocycles. The Hall–Kier alpha value is -2.75. The summed E-state index contributed by atoms with van der Waals surface area (Å²) in [6.07, 6.45) is 2.13. The van der Waals surface area contributed by atoms with Crippen molar-refractivity contribution < 1.29 is 17.9 Å². The number of ether oxygens (including phenoxy) is 1. The molecule has 1 nitrogen and oxygen atoms in total. The molecule has 3 aromatic rings. The summed E-state index contributed by atoms with van der Waals surface area (Å²) in [6, 6.07) is 15.7. The molecule has 146 valence electrons. The third-order valence-corrected chi connectivity index (χ3v) is 4.81. The molecule has 0 radical (unpaired) electrons. The number of hydrogen-bond acceptors (Lipinski definition) is 1. The average molecular weight is 384 g/mol. The van der Waals surface area contributed by atoms with Gasteiger partial charge in [-0.05, 0) is 66.6 Å². The largest absolute Gasteiger partial charge is 0.491 e. The lowest BCUT2D eigenvalue weighted by Crippen LogP contribution is -1.99. The molecule has 0 amide bonds. The number of benzene rings is 3. The van der Waals surface area contributed by atoms with Crippen molar-refractivity contribution in [1.29, 1.82) is 0 Å². The highest BCUT2D eigenvalue weighted by Gasteiger charge is 2.15.